The first kappa shape index (κ1) is 7.47. The highest BCUT2D eigenvalue weighted by molar-refractivity contribution is 5.97. The predicted octanol–water partition coefficient (Wildman–Crippen LogP) is -0.656. The lowest BCUT2D eigenvalue weighted by Gasteiger charge is -1.93. The maximum absolute atomic E-state index is 10.8. The molecule has 0 saturated carbocycles. The number of aromatic nitrogens is 4. The van der Waals surface area contributed by atoms with Gasteiger partial charge in [-0.3, -0.25) is 4.98 Å². The third-order valence-electron chi connectivity index (χ3n) is 1.52. The highest BCUT2D eigenvalue weighted by Gasteiger charge is 2.12. The molecule has 2 aromatic rings. The van der Waals surface area contributed by atoms with Gasteiger partial charge in [-0.15, -0.1) is 0 Å². The number of fused-ring (bicyclic) bond motifs is 1. The zero-order chi connectivity index (χ0) is 9.42. The predicted molar refractivity (Wildman–Crippen MR) is 41.5 cm³/mol. The molecule has 2 aromatic heterocycles. The van der Waals surface area contributed by atoms with Crippen LogP contribution in [0, 0.1) is 0 Å². The SMILES string of the molecule is O=C(O)c1[nH]c(=O)nc2nc[nH]c12. The smallest absolute Gasteiger partial charge is 0.354 e. The Bertz CT molecular complexity index is 526. The van der Waals surface area contributed by atoms with Crippen LogP contribution in [0.4, 0.5) is 0 Å². The van der Waals surface area contributed by atoms with Gasteiger partial charge < -0.3 is 10.1 Å². The molecule has 0 saturated heterocycles. The van der Waals surface area contributed by atoms with Crippen molar-refractivity contribution in [1.82, 2.24) is 19.9 Å². The molecule has 13 heavy (non-hydrogen) atoms. The van der Waals surface area contributed by atoms with Crippen LogP contribution in [0.2, 0.25) is 0 Å². The number of H-pyrrole nitrogens is 2. The lowest BCUT2D eigenvalue weighted by molar-refractivity contribution is 0.0692. The average molecular weight is 180 g/mol. The van der Waals surface area contributed by atoms with E-state index in [1.165, 1.54) is 6.33 Å². The number of carboxylic acid groups (broad SMARTS) is 1. The molecule has 66 valence electrons. The summed E-state index contributed by atoms with van der Waals surface area (Å²) in [6.07, 6.45) is 1.28. The van der Waals surface area contributed by atoms with Gasteiger partial charge in [-0.1, -0.05) is 0 Å². The monoisotopic (exact) mass is 180 g/mol. The number of hydrogen-bond acceptors (Lipinski definition) is 4. The molecule has 7 heteroatoms. The Morgan fingerprint density at radius 2 is 2.31 bits per heavy atom. The number of carboxylic acids is 1. The zero-order valence-corrected chi connectivity index (χ0v) is 6.24. The van der Waals surface area contributed by atoms with E-state index in [1.54, 1.807) is 0 Å². The van der Waals surface area contributed by atoms with E-state index in [-0.39, 0.29) is 16.9 Å². The first-order valence-corrected chi connectivity index (χ1v) is 3.35. The minimum absolute atomic E-state index is 0.0983. The fourth-order valence-corrected chi connectivity index (χ4v) is 1.01. The van der Waals surface area contributed by atoms with Crippen molar-refractivity contribution in [3.05, 3.63) is 22.5 Å². The first-order valence-electron chi connectivity index (χ1n) is 3.35. The van der Waals surface area contributed by atoms with E-state index >= 15 is 0 Å². The number of nitrogens with zero attached hydrogens (tertiary/aromatic N) is 2. The standard InChI is InChI=1S/C6H4N4O3/c11-5(12)3-2-4(8-1-7-2)10-6(13)9-3/h1H,(H,11,12)(H2,7,8,9,10,13). The van der Waals surface area contributed by atoms with Crippen molar-refractivity contribution in [3.63, 3.8) is 0 Å². The number of nitrogens with one attached hydrogen (secondary N) is 2. The molecule has 0 aromatic carbocycles. The molecular weight excluding hydrogens is 176 g/mol. The number of rotatable bonds is 1. The minimum atomic E-state index is -1.23. The summed E-state index contributed by atoms with van der Waals surface area (Å²) in [6.45, 7) is 0. The van der Waals surface area contributed by atoms with Crippen molar-refractivity contribution >= 4 is 17.1 Å². The molecule has 0 atom stereocenters. The topological polar surface area (TPSA) is 112 Å². The van der Waals surface area contributed by atoms with E-state index in [1.807, 2.05) is 0 Å². The Morgan fingerprint density at radius 1 is 1.54 bits per heavy atom. The van der Waals surface area contributed by atoms with E-state index < -0.39 is 11.7 Å². The molecule has 2 rings (SSSR count). The Hall–Kier alpha value is -2.18. The van der Waals surface area contributed by atoms with E-state index in [0.717, 1.165) is 0 Å². The second-order valence-electron chi connectivity index (χ2n) is 2.32. The van der Waals surface area contributed by atoms with E-state index in [9.17, 15) is 9.59 Å². The first-order chi connectivity index (χ1) is 6.18. The molecule has 7 nitrogen and oxygen atoms in total. The number of carbonyl (C=O) groups is 1. The molecular formula is C6H4N4O3. The van der Waals surface area contributed by atoms with Gasteiger partial charge >= 0.3 is 11.7 Å². The quantitative estimate of drug-likeness (QED) is 0.539. The molecule has 0 aliphatic heterocycles. The lowest BCUT2D eigenvalue weighted by Crippen LogP contribution is -2.16. The summed E-state index contributed by atoms with van der Waals surface area (Å²) in [5, 5.41) is 8.68. The maximum atomic E-state index is 10.8. The highest BCUT2D eigenvalue weighted by atomic mass is 16.4. The zero-order valence-electron chi connectivity index (χ0n) is 6.24. The summed E-state index contributed by atoms with van der Waals surface area (Å²) in [6, 6.07) is 0. The molecule has 3 N–H and O–H groups in total. The Kier molecular flexibility index (Phi) is 1.38. The molecule has 0 unspecified atom stereocenters. The van der Waals surface area contributed by atoms with Crippen molar-refractivity contribution in [2.75, 3.05) is 0 Å². The van der Waals surface area contributed by atoms with Gasteiger partial charge in [0.2, 0.25) is 0 Å². The van der Waals surface area contributed by atoms with Crippen molar-refractivity contribution in [3.8, 4) is 0 Å². The van der Waals surface area contributed by atoms with Crippen LogP contribution in [0.25, 0.3) is 11.2 Å². The second kappa shape index (κ2) is 2.41. The summed E-state index contributed by atoms with van der Waals surface area (Å²) < 4.78 is 0. The Labute approximate surface area is 70.5 Å². The number of aromatic carboxylic acids is 1. The molecule has 0 radical (unpaired) electrons. The lowest BCUT2D eigenvalue weighted by atomic mass is 10.4. The minimum Gasteiger partial charge on any atom is -0.477 e. The summed E-state index contributed by atoms with van der Waals surface area (Å²) in [5.74, 6) is -1.23. The summed E-state index contributed by atoms with van der Waals surface area (Å²) in [4.78, 5) is 33.2. The summed E-state index contributed by atoms with van der Waals surface area (Å²) in [7, 11) is 0. The second-order valence-corrected chi connectivity index (χ2v) is 2.32. The van der Waals surface area contributed by atoms with Crippen molar-refractivity contribution < 1.29 is 9.90 Å². The Balaban J connectivity index is 2.93. The fraction of sp³-hybridized carbons (Fsp3) is 0. The van der Waals surface area contributed by atoms with Gasteiger partial charge in [-0.25, -0.2) is 14.6 Å². The van der Waals surface area contributed by atoms with Crippen LogP contribution >= 0.6 is 0 Å². The molecule has 0 amide bonds. The number of aromatic amines is 2. The fourth-order valence-electron chi connectivity index (χ4n) is 1.01. The number of hydrogen-bond donors (Lipinski definition) is 3. The molecule has 0 bridgehead atoms. The summed E-state index contributed by atoms with van der Waals surface area (Å²) in [5.41, 5.74) is -0.641. The van der Waals surface area contributed by atoms with Crippen LogP contribution < -0.4 is 5.69 Å². The van der Waals surface area contributed by atoms with Gasteiger partial charge in [0.15, 0.2) is 11.3 Å². The third kappa shape index (κ3) is 1.06. The van der Waals surface area contributed by atoms with Crippen molar-refractivity contribution in [1.29, 1.82) is 0 Å². The van der Waals surface area contributed by atoms with E-state index in [2.05, 4.69) is 19.9 Å². The van der Waals surface area contributed by atoms with Crippen LogP contribution in [0.5, 0.6) is 0 Å². The van der Waals surface area contributed by atoms with Gasteiger partial charge in [0.05, 0.1) is 6.33 Å². The van der Waals surface area contributed by atoms with Gasteiger partial charge in [0, 0.05) is 0 Å². The van der Waals surface area contributed by atoms with Gasteiger partial charge in [-0.05, 0) is 0 Å². The molecule has 0 aliphatic rings. The van der Waals surface area contributed by atoms with Crippen molar-refractivity contribution in [2.45, 2.75) is 0 Å². The molecule has 0 spiro atoms. The molecule has 0 fully saturated rings. The van der Waals surface area contributed by atoms with Gasteiger partial charge in [-0.2, -0.15) is 4.98 Å². The van der Waals surface area contributed by atoms with E-state index in [4.69, 9.17) is 5.11 Å². The summed E-state index contributed by atoms with van der Waals surface area (Å²) >= 11 is 0. The van der Waals surface area contributed by atoms with Gasteiger partial charge in [0.1, 0.15) is 5.52 Å². The van der Waals surface area contributed by atoms with Gasteiger partial charge in [0.25, 0.3) is 0 Å². The Morgan fingerprint density at radius 3 is 3.00 bits per heavy atom. The number of imidazole rings is 1. The molecule has 0 aliphatic carbocycles. The largest absolute Gasteiger partial charge is 0.477 e. The van der Waals surface area contributed by atoms with Crippen LogP contribution in [0.3, 0.4) is 0 Å². The van der Waals surface area contributed by atoms with E-state index in [0.29, 0.717) is 0 Å². The van der Waals surface area contributed by atoms with Crippen molar-refractivity contribution in [2.24, 2.45) is 0 Å². The average Bonchev–Trinajstić information content (AvgIpc) is 2.49. The third-order valence-corrected chi connectivity index (χ3v) is 1.52. The van der Waals surface area contributed by atoms with Crippen LogP contribution in [0.1, 0.15) is 10.5 Å². The van der Waals surface area contributed by atoms with Crippen LogP contribution in [0.15, 0.2) is 11.1 Å². The highest BCUT2D eigenvalue weighted by Crippen LogP contribution is 2.06. The molecule has 2 heterocycles. The van der Waals surface area contributed by atoms with Crippen LogP contribution in [-0.2, 0) is 0 Å². The maximum Gasteiger partial charge on any atom is 0.354 e. The normalized spacial score (nSPS) is 10.5. The van der Waals surface area contributed by atoms with Crippen LogP contribution in [-0.4, -0.2) is 31.0 Å².